The molecule has 5 rings (SSSR count). The summed E-state index contributed by atoms with van der Waals surface area (Å²) in [4.78, 5) is 17.2. The van der Waals surface area contributed by atoms with Crippen molar-refractivity contribution in [3.8, 4) is 22.8 Å². The van der Waals surface area contributed by atoms with E-state index in [1.807, 2.05) is 35.1 Å². The molecule has 2 aliphatic rings. The van der Waals surface area contributed by atoms with Crippen LogP contribution in [0.5, 0.6) is 11.5 Å². The molecule has 0 atom stereocenters. The van der Waals surface area contributed by atoms with Gasteiger partial charge in [-0.3, -0.25) is 4.79 Å². The number of imidazole rings is 1. The Balaban J connectivity index is 1.26. The number of aromatic nitrogens is 4. The van der Waals surface area contributed by atoms with E-state index in [2.05, 4.69) is 26.9 Å². The van der Waals surface area contributed by atoms with E-state index in [0.29, 0.717) is 19.3 Å². The predicted molar refractivity (Wildman–Crippen MR) is 123 cm³/mol. The van der Waals surface area contributed by atoms with Crippen LogP contribution in [-0.2, 0) is 11.3 Å². The Morgan fingerprint density at radius 1 is 1.19 bits per heavy atom. The van der Waals surface area contributed by atoms with E-state index in [1.165, 1.54) is 24.6 Å². The lowest BCUT2D eigenvalue weighted by Gasteiger charge is -2.19. The van der Waals surface area contributed by atoms with Crippen LogP contribution in [0.2, 0.25) is 0 Å². The van der Waals surface area contributed by atoms with Crippen LogP contribution in [0, 0.1) is 0 Å². The standard InChI is InChI=1S/C23H27N5O3S/c1-2-27-18(16-7-8-19-20(13-16)31-12-11-30-19)14-24-23(27)32-15-22(29)26-21-9-10-25-28(21)17-5-3-4-6-17/h7-10,13-14,17H,2-6,11-12,15H2,1H3,(H,26,29). The van der Waals surface area contributed by atoms with Gasteiger partial charge in [-0.2, -0.15) is 5.10 Å². The Morgan fingerprint density at radius 3 is 2.81 bits per heavy atom. The number of nitrogens with one attached hydrogen (secondary N) is 1. The second-order valence-electron chi connectivity index (χ2n) is 7.96. The van der Waals surface area contributed by atoms with Crippen molar-refractivity contribution < 1.29 is 14.3 Å². The third-order valence-corrected chi connectivity index (χ3v) is 6.90. The van der Waals surface area contributed by atoms with Crippen LogP contribution in [0.3, 0.4) is 0 Å². The molecular weight excluding hydrogens is 426 g/mol. The molecule has 1 amide bonds. The van der Waals surface area contributed by atoms with Gasteiger partial charge in [0.15, 0.2) is 16.7 Å². The number of hydrogen-bond donors (Lipinski definition) is 1. The minimum Gasteiger partial charge on any atom is -0.486 e. The normalized spacial score (nSPS) is 15.8. The lowest BCUT2D eigenvalue weighted by atomic mass is 10.1. The van der Waals surface area contributed by atoms with Crippen LogP contribution in [-0.4, -0.2) is 44.2 Å². The second kappa shape index (κ2) is 9.28. The van der Waals surface area contributed by atoms with Gasteiger partial charge < -0.3 is 19.4 Å². The van der Waals surface area contributed by atoms with Crippen LogP contribution in [0.1, 0.15) is 38.6 Å². The van der Waals surface area contributed by atoms with Gasteiger partial charge in [-0.25, -0.2) is 9.67 Å². The third kappa shape index (κ3) is 4.21. The third-order valence-electron chi connectivity index (χ3n) is 5.91. The van der Waals surface area contributed by atoms with E-state index >= 15 is 0 Å². The number of anilines is 1. The summed E-state index contributed by atoms with van der Waals surface area (Å²) in [6, 6.07) is 8.20. The summed E-state index contributed by atoms with van der Waals surface area (Å²) in [5, 5.41) is 8.26. The highest BCUT2D eigenvalue weighted by molar-refractivity contribution is 7.99. The Bertz CT molecular complexity index is 1100. The molecule has 8 nitrogen and oxygen atoms in total. The summed E-state index contributed by atoms with van der Waals surface area (Å²) in [6.07, 6.45) is 8.29. The molecule has 1 fully saturated rings. The summed E-state index contributed by atoms with van der Waals surface area (Å²) >= 11 is 1.44. The van der Waals surface area contributed by atoms with E-state index in [0.717, 1.165) is 53.1 Å². The highest BCUT2D eigenvalue weighted by Gasteiger charge is 2.21. The lowest BCUT2D eigenvalue weighted by molar-refractivity contribution is -0.113. The number of carbonyl (C=O) groups excluding carboxylic acids is 1. The Morgan fingerprint density at radius 2 is 2.00 bits per heavy atom. The van der Waals surface area contributed by atoms with E-state index in [4.69, 9.17) is 9.47 Å². The summed E-state index contributed by atoms with van der Waals surface area (Å²) in [5.41, 5.74) is 2.01. The Kier molecular flexibility index (Phi) is 6.07. The Hall–Kier alpha value is -2.94. The summed E-state index contributed by atoms with van der Waals surface area (Å²) < 4.78 is 15.4. The Labute approximate surface area is 191 Å². The summed E-state index contributed by atoms with van der Waals surface area (Å²) in [7, 11) is 0. The largest absolute Gasteiger partial charge is 0.486 e. The first-order valence-electron chi connectivity index (χ1n) is 11.1. The van der Waals surface area contributed by atoms with Gasteiger partial charge in [0.05, 0.1) is 29.9 Å². The number of amides is 1. The highest BCUT2D eigenvalue weighted by atomic mass is 32.2. The van der Waals surface area contributed by atoms with Gasteiger partial charge in [0.1, 0.15) is 19.0 Å². The molecule has 3 heterocycles. The maximum atomic E-state index is 12.6. The minimum atomic E-state index is -0.0544. The van der Waals surface area contributed by atoms with Crippen molar-refractivity contribution in [3.63, 3.8) is 0 Å². The molecule has 32 heavy (non-hydrogen) atoms. The van der Waals surface area contributed by atoms with E-state index < -0.39 is 0 Å². The van der Waals surface area contributed by atoms with Gasteiger partial charge in [-0.15, -0.1) is 0 Å². The summed E-state index contributed by atoms with van der Waals surface area (Å²) in [6.45, 7) is 3.96. The van der Waals surface area contributed by atoms with E-state index in [-0.39, 0.29) is 11.7 Å². The van der Waals surface area contributed by atoms with Gasteiger partial charge >= 0.3 is 0 Å². The molecule has 0 radical (unpaired) electrons. The van der Waals surface area contributed by atoms with Gasteiger partial charge in [0.2, 0.25) is 5.91 Å². The first-order valence-corrected chi connectivity index (χ1v) is 12.1. The second-order valence-corrected chi connectivity index (χ2v) is 8.91. The van der Waals surface area contributed by atoms with Crippen molar-refractivity contribution in [1.29, 1.82) is 0 Å². The van der Waals surface area contributed by atoms with Crippen LogP contribution in [0.4, 0.5) is 5.82 Å². The van der Waals surface area contributed by atoms with Crippen molar-refractivity contribution in [2.75, 3.05) is 24.3 Å². The molecule has 0 saturated heterocycles. The van der Waals surface area contributed by atoms with Crippen molar-refractivity contribution in [2.45, 2.75) is 50.4 Å². The van der Waals surface area contributed by atoms with Crippen molar-refractivity contribution in [2.24, 2.45) is 0 Å². The first-order chi connectivity index (χ1) is 15.7. The number of thioether (sulfide) groups is 1. The fourth-order valence-corrected chi connectivity index (χ4v) is 5.22. The lowest BCUT2D eigenvalue weighted by Crippen LogP contribution is -2.19. The number of fused-ring (bicyclic) bond motifs is 1. The molecule has 1 saturated carbocycles. The fraction of sp³-hybridized carbons (Fsp3) is 0.435. The van der Waals surface area contributed by atoms with Crippen molar-refractivity contribution in [1.82, 2.24) is 19.3 Å². The molecule has 1 aliphatic carbocycles. The quantitative estimate of drug-likeness (QED) is 0.535. The number of hydrogen-bond acceptors (Lipinski definition) is 6. The average Bonchev–Trinajstić information content (AvgIpc) is 3.57. The van der Waals surface area contributed by atoms with Crippen molar-refractivity contribution >= 4 is 23.5 Å². The van der Waals surface area contributed by atoms with Crippen LogP contribution in [0.25, 0.3) is 11.3 Å². The molecule has 0 unspecified atom stereocenters. The molecule has 0 spiro atoms. The zero-order valence-electron chi connectivity index (χ0n) is 18.1. The number of carbonyl (C=O) groups is 1. The number of ether oxygens (including phenoxy) is 2. The molecular formula is C23H27N5O3S. The smallest absolute Gasteiger partial charge is 0.235 e. The van der Waals surface area contributed by atoms with Crippen molar-refractivity contribution in [3.05, 3.63) is 36.7 Å². The van der Waals surface area contributed by atoms with Crippen LogP contribution in [0.15, 0.2) is 41.8 Å². The first kappa shape index (κ1) is 20.9. The highest BCUT2D eigenvalue weighted by Crippen LogP contribution is 2.36. The average molecular weight is 454 g/mol. The molecule has 2 aromatic heterocycles. The zero-order chi connectivity index (χ0) is 21.9. The monoisotopic (exact) mass is 453 g/mol. The zero-order valence-corrected chi connectivity index (χ0v) is 18.9. The maximum Gasteiger partial charge on any atom is 0.235 e. The van der Waals surface area contributed by atoms with Gasteiger partial charge in [-0.1, -0.05) is 24.6 Å². The number of rotatable bonds is 7. The van der Waals surface area contributed by atoms with Gasteiger partial charge in [-0.05, 0) is 38.0 Å². The summed E-state index contributed by atoms with van der Waals surface area (Å²) in [5.74, 6) is 2.53. The SMILES string of the molecule is CCn1c(-c2ccc3c(c2)OCCO3)cnc1SCC(=O)Nc1ccnn1C1CCCC1. The predicted octanol–water partition coefficient (Wildman–Crippen LogP) is 4.38. The fourth-order valence-electron chi connectivity index (χ4n) is 4.37. The minimum absolute atomic E-state index is 0.0544. The maximum absolute atomic E-state index is 12.6. The van der Waals surface area contributed by atoms with Crippen LogP contribution < -0.4 is 14.8 Å². The molecule has 3 aromatic rings. The molecule has 1 aromatic carbocycles. The topological polar surface area (TPSA) is 83.2 Å². The molecule has 0 bridgehead atoms. The van der Waals surface area contributed by atoms with Crippen LogP contribution >= 0.6 is 11.8 Å². The molecule has 1 N–H and O–H groups in total. The molecule has 168 valence electrons. The van der Waals surface area contributed by atoms with E-state index in [9.17, 15) is 4.79 Å². The molecule has 9 heteroatoms. The van der Waals surface area contributed by atoms with Gasteiger partial charge in [0, 0.05) is 18.2 Å². The number of benzene rings is 1. The van der Waals surface area contributed by atoms with E-state index in [1.54, 1.807) is 6.20 Å². The number of nitrogens with zero attached hydrogens (tertiary/aromatic N) is 4. The van der Waals surface area contributed by atoms with Gasteiger partial charge in [0.25, 0.3) is 0 Å². The molecule has 1 aliphatic heterocycles.